The number of rotatable bonds is 0. The molecule has 0 atom stereocenters. The molecule has 1 aromatic carbocycles. The molecule has 7 nitrogen and oxygen atoms in total. The van der Waals surface area contributed by atoms with Crippen molar-refractivity contribution < 1.29 is 25.0 Å². The fraction of sp³-hybridized carbons (Fsp3) is 0.581. The molecule has 1 fully saturated rings. The first-order valence-electron chi connectivity index (χ1n) is 19.8. The van der Waals surface area contributed by atoms with E-state index in [4.69, 9.17) is 15.4 Å². The highest BCUT2D eigenvalue weighted by atomic mass is 32.2. The highest BCUT2D eigenvalue weighted by Crippen LogP contribution is 2.52. The van der Waals surface area contributed by atoms with Crippen molar-refractivity contribution in [2.24, 2.45) is 0 Å². The van der Waals surface area contributed by atoms with Gasteiger partial charge in [-0.3, -0.25) is 9.59 Å². The van der Waals surface area contributed by atoms with Gasteiger partial charge in [0.25, 0.3) is 0 Å². The molecule has 4 aliphatic rings. The predicted molar refractivity (Wildman–Crippen MR) is 256 cm³/mol. The number of allylic oxidation sites excluding steroid dienone is 5. The summed E-state index contributed by atoms with van der Waals surface area (Å²) in [6, 6.07) is 6.15. The zero-order valence-electron chi connectivity index (χ0n) is 38.1. The van der Waals surface area contributed by atoms with Crippen molar-refractivity contribution in [2.45, 2.75) is 137 Å². The quantitative estimate of drug-likeness (QED) is 0.132. The number of hydroxylamine groups is 2. The maximum atomic E-state index is 10.3. The van der Waals surface area contributed by atoms with E-state index < -0.39 is 11.6 Å². The lowest BCUT2D eigenvalue weighted by Gasteiger charge is -2.18. The third-order valence-corrected chi connectivity index (χ3v) is 9.28. The largest absolute Gasteiger partial charge is 0.504 e. The minimum Gasteiger partial charge on any atom is -0.504 e. The molecule has 0 bridgehead atoms. The third-order valence-electron chi connectivity index (χ3n) is 4.22. The summed E-state index contributed by atoms with van der Waals surface area (Å²) >= 11 is 7.39. The molecule has 320 valence electrons. The number of ketones is 2. The second-order valence-corrected chi connectivity index (χ2v) is 12.8. The minimum atomic E-state index is -0.437. The molecule has 0 unspecified atom stereocenters. The zero-order valence-corrected chi connectivity index (χ0v) is 41.3. The van der Waals surface area contributed by atoms with Crippen LogP contribution in [0.2, 0.25) is 0 Å². The second-order valence-electron chi connectivity index (χ2n) is 8.32. The number of thioether (sulfide) groups is 4. The van der Waals surface area contributed by atoms with Crippen LogP contribution in [0.25, 0.3) is 0 Å². The number of hydrogen-bond acceptors (Lipinski definition) is 11. The van der Waals surface area contributed by atoms with Crippen LogP contribution in [0.4, 0.5) is 0 Å². The number of aromatic hydroxyl groups is 2. The molecule has 54 heavy (non-hydrogen) atoms. The zero-order chi connectivity index (χ0) is 44.3. The molecular weight excluding hydrogens is 753 g/mol. The summed E-state index contributed by atoms with van der Waals surface area (Å²) in [7, 11) is 6.00. The Morgan fingerprint density at radius 1 is 0.574 bits per heavy atom. The number of para-hydroxylation sites is 2. The molecule has 1 aromatic rings. The van der Waals surface area contributed by atoms with Gasteiger partial charge in [0.05, 0.1) is 8.47 Å². The molecule has 1 saturated heterocycles. The summed E-state index contributed by atoms with van der Waals surface area (Å²) in [6.45, 7) is 35.9. The SMILES string of the molecule is CC.CC.CC.CC.CC.CC.CC.CC.CC1=CSC(=C2SC=CS2)S1.CN(C)C.O=C1C=CC=CC1=O.ON1CCCCC1.Oc1ccccc1O. The Labute approximate surface area is 352 Å². The Bertz CT molecular complexity index is 996. The molecule has 3 aliphatic heterocycles. The van der Waals surface area contributed by atoms with Crippen molar-refractivity contribution in [1.82, 2.24) is 9.96 Å². The van der Waals surface area contributed by atoms with Crippen molar-refractivity contribution in [2.75, 3.05) is 34.2 Å². The first-order chi connectivity index (χ1) is 26.1. The molecule has 0 saturated carbocycles. The van der Waals surface area contributed by atoms with Gasteiger partial charge >= 0.3 is 0 Å². The molecule has 3 N–H and O–H groups in total. The number of phenolic OH excluding ortho intramolecular Hbond substituents is 2. The molecule has 3 heterocycles. The van der Waals surface area contributed by atoms with Crippen molar-refractivity contribution in [3.05, 3.63) is 78.2 Å². The van der Waals surface area contributed by atoms with Gasteiger partial charge in [-0.25, -0.2) is 0 Å². The summed E-state index contributed by atoms with van der Waals surface area (Å²) in [5, 5.41) is 34.0. The summed E-state index contributed by atoms with van der Waals surface area (Å²) in [5.74, 6) is -1.03. The Kier molecular flexibility index (Phi) is 81.8. The fourth-order valence-electron chi connectivity index (χ4n) is 2.52. The smallest absolute Gasteiger partial charge is 0.225 e. The van der Waals surface area contributed by atoms with Crippen LogP contribution in [0.1, 0.15) is 137 Å². The van der Waals surface area contributed by atoms with Crippen LogP contribution in [0.3, 0.4) is 0 Å². The van der Waals surface area contributed by atoms with Gasteiger partial charge in [-0.2, -0.15) is 5.06 Å². The second kappa shape index (κ2) is 63.1. The van der Waals surface area contributed by atoms with E-state index in [0.29, 0.717) is 0 Å². The molecular formula is C43H84N2O5S4. The van der Waals surface area contributed by atoms with Gasteiger partial charge in [0.15, 0.2) is 11.5 Å². The maximum absolute atomic E-state index is 10.3. The number of phenols is 2. The lowest BCUT2D eigenvalue weighted by molar-refractivity contribution is -0.131. The number of carbonyl (C=O) groups excluding carboxylic acids is 2. The van der Waals surface area contributed by atoms with Gasteiger partial charge in [-0.15, -0.1) is 0 Å². The highest BCUT2D eigenvalue weighted by Gasteiger charge is 2.15. The number of hydrogen-bond donors (Lipinski definition) is 3. The molecule has 1 aliphatic carbocycles. The van der Waals surface area contributed by atoms with E-state index in [1.807, 2.05) is 184 Å². The molecule has 0 aromatic heterocycles. The maximum Gasteiger partial charge on any atom is 0.225 e. The van der Waals surface area contributed by atoms with Crippen LogP contribution in [-0.2, 0) is 9.59 Å². The lowest BCUT2D eigenvalue weighted by Crippen LogP contribution is -2.25. The predicted octanol–water partition coefficient (Wildman–Crippen LogP) is 15.0. The Hall–Kier alpha value is -1.86. The molecule has 0 spiro atoms. The van der Waals surface area contributed by atoms with Gasteiger partial charge in [0, 0.05) is 13.1 Å². The van der Waals surface area contributed by atoms with Crippen molar-refractivity contribution in [3.8, 4) is 11.5 Å². The van der Waals surface area contributed by atoms with E-state index in [1.54, 1.807) is 24.3 Å². The Morgan fingerprint density at radius 3 is 1.13 bits per heavy atom. The van der Waals surface area contributed by atoms with Gasteiger partial charge < -0.3 is 20.3 Å². The van der Waals surface area contributed by atoms with E-state index in [2.05, 4.69) is 23.1 Å². The van der Waals surface area contributed by atoms with Crippen LogP contribution >= 0.6 is 47.0 Å². The molecule has 5 rings (SSSR count). The van der Waals surface area contributed by atoms with Crippen LogP contribution in [0, 0.1) is 0 Å². The number of nitrogens with zero attached hydrogens (tertiary/aromatic N) is 2. The topological polar surface area (TPSA) is 101 Å². The summed E-state index contributed by atoms with van der Waals surface area (Å²) in [5.41, 5.74) is 0. The van der Waals surface area contributed by atoms with Crippen LogP contribution in [0.15, 0.2) is 78.2 Å². The number of benzene rings is 1. The third kappa shape index (κ3) is 52.2. The average molecular weight is 837 g/mol. The Balaban J connectivity index is -0.0000000759. The first-order valence-corrected chi connectivity index (χ1v) is 23.2. The van der Waals surface area contributed by atoms with Gasteiger partial charge in [-0.05, 0) is 86.3 Å². The van der Waals surface area contributed by atoms with Crippen LogP contribution < -0.4 is 0 Å². The average Bonchev–Trinajstić information content (AvgIpc) is 3.94. The minimum absolute atomic E-state index is 0.0764. The monoisotopic (exact) mass is 837 g/mol. The fourth-order valence-corrected chi connectivity index (χ4v) is 6.88. The highest BCUT2D eigenvalue weighted by molar-refractivity contribution is 8.33. The van der Waals surface area contributed by atoms with E-state index in [0.717, 1.165) is 25.9 Å². The molecule has 11 heteroatoms. The van der Waals surface area contributed by atoms with E-state index in [9.17, 15) is 9.59 Å². The summed E-state index contributed by atoms with van der Waals surface area (Å²) < 4.78 is 2.88. The van der Waals surface area contributed by atoms with Crippen molar-refractivity contribution in [3.63, 3.8) is 0 Å². The standard InChI is InChI=1S/C7H6S4.C6H6O2.C6H4O2.C5H11NO.C3H9N.8C2H6/c1-5-4-10-7(11-5)6-8-2-3-9-6;2*7-5-3-1-2-4-6(5)8;7-6-4-2-1-3-5-6;1-4(2)3;8*1-2/h2-4H,1H3;1-4,7-8H;1-4H;7H,1-5H2;1-3H3;8*1-2H3. The van der Waals surface area contributed by atoms with Crippen LogP contribution in [-0.4, -0.2) is 71.2 Å². The number of piperidine rings is 1. The molecule has 0 amide bonds. The molecule has 0 radical (unpaired) electrons. The summed E-state index contributed by atoms with van der Waals surface area (Å²) in [4.78, 5) is 24.0. The van der Waals surface area contributed by atoms with Gasteiger partial charge in [-0.1, -0.05) is 189 Å². The summed E-state index contributed by atoms with van der Waals surface area (Å²) in [6.07, 6.45) is 9.21. The number of carbonyl (C=O) groups is 2. The van der Waals surface area contributed by atoms with Crippen molar-refractivity contribution in [1.29, 1.82) is 0 Å². The van der Waals surface area contributed by atoms with Gasteiger partial charge in [0.2, 0.25) is 11.6 Å². The lowest BCUT2D eigenvalue weighted by atomic mass is 10.1. The van der Waals surface area contributed by atoms with Crippen LogP contribution in [0.5, 0.6) is 11.5 Å². The normalized spacial score (nSPS) is 13.5. The van der Waals surface area contributed by atoms with E-state index in [-0.39, 0.29) is 11.5 Å². The van der Waals surface area contributed by atoms with E-state index >= 15 is 0 Å². The first kappa shape index (κ1) is 70.0. The van der Waals surface area contributed by atoms with Gasteiger partial charge in [0.1, 0.15) is 0 Å². The Morgan fingerprint density at radius 2 is 0.907 bits per heavy atom. The van der Waals surface area contributed by atoms with Crippen molar-refractivity contribution >= 4 is 58.6 Å². The van der Waals surface area contributed by atoms with E-state index in [1.165, 1.54) is 49.1 Å².